The normalized spacial score (nSPS) is 56.1. The number of fused-ring (bicyclic) bond motifs is 3. The maximum Gasteiger partial charge on any atom is 0.136 e. The van der Waals surface area contributed by atoms with E-state index < -0.39 is 0 Å². The number of rotatable bonds is 0. The number of Topliss-reactive ketones (excluding diaryl/α,β-unsaturated/α-hetero) is 1. The second kappa shape index (κ2) is 3.14. The van der Waals surface area contributed by atoms with E-state index in [1.54, 1.807) is 0 Å². The Balaban J connectivity index is 2.01. The Morgan fingerprint density at radius 1 is 1.29 bits per heavy atom. The molecule has 0 aromatic rings. The summed E-state index contributed by atoms with van der Waals surface area (Å²) in [5, 5.41) is 10.6. The van der Waals surface area contributed by atoms with E-state index in [2.05, 4.69) is 27.7 Å². The molecular formula is C15H24O2. The minimum atomic E-state index is -0.226. The highest BCUT2D eigenvalue weighted by molar-refractivity contribution is 5.84. The lowest BCUT2D eigenvalue weighted by Crippen LogP contribution is -2.41. The molecule has 2 heteroatoms. The summed E-state index contributed by atoms with van der Waals surface area (Å²) in [6.45, 7) is 8.71. The molecule has 0 spiro atoms. The molecule has 1 N–H and O–H groups in total. The second-order valence-corrected chi connectivity index (χ2v) is 7.61. The van der Waals surface area contributed by atoms with Crippen molar-refractivity contribution < 1.29 is 9.90 Å². The minimum Gasteiger partial charge on any atom is -0.392 e. The van der Waals surface area contributed by atoms with E-state index in [1.807, 2.05) is 0 Å². The van der Waals surface area contributed by atoms with Gasteiger partial charge in [-0.05, 0) is 41.4 Å². The third kappa shape index (κ3) is 1.23. The van der Waals surface area contributed by atoms with Crippen LogP contribution in [0.3, 0.4) is 0 Å². The maximum atomic E-state index is 12.0. The lowest BCUT2D eigenvalue weighted by molar-refractivity contribution is -0.123. The van der Waals surface area contributed by atoms with Crippen molar-refractivity contribution in [2.45, 2.75) is 53.1 Å². The van der Waals surface area contributed by atoms with E-state index in [4.69, 9.17) is 0 Å². The van der Waals surface area contributed by atoms with Gasteiger partial charge in [0.25, 0.3) is 0 Å². The van der Waals surface area contributed by atoms with E-state index >= 15 is 0 Å². The molecule has 3 aliphatic carbocycles. The number of carbonyl (C=O) groups is 1. The summed E-state index contributed by atoms with van der Waals surface area (Å²) in [7, 11) is 0. The van der Waals surface area contributed by atoms with Crippen molar-refractivity contribution in [1.29, 1.82) is 0 Å². The smallest absolute Gasteiger partial charge is 0.136 e. The molecule has 17 heavy (non-hydrogen) atoms. The standard InChI is InChI=1S/C15H24O2/c1-8-11(16)6-10-5-9-7-14(2,3)13(17)12(9)15(8,10)4/h8-10,12-13,17H,5-7H2,1-4H3/t8-,9-,10-,12-,13+,15+/m0/s1. The highest BCUT2D eigenvalue weighted by Crippen LogP contribution is 2.68. The van der Waals surface area contributed by atoms with Crippen LogP contribution in [0.1, 0.15) is 47.0 Å². The van der Waals surface area contributed by atoms with E-state index in [1.165, 1.54) is 0 Å². The maximum absolute atomic E-state index is 12.0. The Kier molecular flexibility index (Phi) is 2.16. The van der Waals surface area contributed by atoms with Crippen LogP contribution in [-0.2, 0) is 4.79 Å². The number of hydrogen-bond acceptors (Lipinski definition) is 2. The molecule has 0 aliphatic heterocycles. The fraction of sp³-hybridized carbons (Fsp3) is 0.933. The first kappa shape index (κ1) is 11.7. The molecule has 0 bridgehead atoms. The lowest BCUT2D eigenvalue weighted by Gasteiger charge is -2.39. The summed E-state index contributed by atoms with van der Waals surface area (Å²) in [5.41, 5.74) is 0.101. The molecule has 0 radical (unpaired) electrons. The first-order valence-corrected chi connectivity index (χ1v) is 6.99. The Labute approximate surface area is 104 Å². The van der Waals surface area contributed by atoms with Crippen molar-refractivity contribution in [3.8, 4) is 0 Å². The van der Waals surface area contributed by atoms with Crippen LogP contribution in [-0.4, -0.2) is 17.0 Å². The molecule has 3 rings (SSSR count). The molecular weight excluding hydrogens is 212 g/mol. The molecule has 3 aliphatic rings. The molecule has 0 aromatic heterocycles. The molecule has 3 saturated carbocycles. The van der Waals surface area contributed by atoms with Crippen molar-refractivity contribution in [3.63, 3.8) is 0 Å². The molecule has 0 aromatic carbocycles. The summed E-state index contributed by atoms with van der Waals surface area (Å²) >= 11 is 0. The van der Waals surface area contributed by atoms with Gasteiger partial charge in [-0.25, -0.2) is 0 Å². The molecule has 0 saturated heterocycles. The third-order valence-electron chi connectivity index (χ3n) is 6.49. The highest BCUT2D eigenvalue weighted by Gasteiger charge is 2.66. The van der Waals surface area contributed by atoms with Crippen LogP contribution in [0.2, 0.25) is 0 Å². The van der Waals surface area contributed by atoms with Gasteiger partial charge < -0.3 is 5.11 Å². The number of ketones is 1. The minimum absolute atomic E-state index is 0.0364. The van der Waals surface area contributed by atoms with Crippen molar-refractivity contribution >= 4 is 5.78 Å². The van der Waals surface area contributed by atoms with Gasteiger partial charge in [0.1, 0.15) is 5.78 Å². The first-order chi connectivity index (χ1) is 7.78. The fourth-order valence-corrected chi connectivity index (χ4v) is 5.35. The summed E-state index contributed by atoms with van der Waals surface area (Å²) < 4.78 is 0. The van der Waals surface area contributed by atoms with Gasteiger partial charge in [0, 0.05) is 12.3 Å². The van der Waals surface area contributed by atoms with Crippen molar-refractivity contribution in [2.75, 3.05) is 0 Å². The van der Waals surface area contributed by atoms with Gasteiger partial charge in [-0.3, -0.25) is 4.79 Å². The average molecular weight is 236 g/mol. The summed E-state index contributed by atoms with van der Waals surface area (Å²) in [4.78, 5) is 12.0. The summed E-state index contributed by atoms with van der Waals surface area (Å²) in [6, 6.07) is 0. The van der Waals surface area contributed by atoms with Gasteiger partial charge in [-0.2, -0.15) is 0 Å². The molecule has 0 amide bonds. The van der Waals surface area contributed by atoms with Gasteiger partial charge in [0.05, 0.1) is 6.10 Å². The van der Waals surface area contributed by atoms with Crippen molar-refractivity contribution in [2.24, 2.45) is 34.5 Å². The van der Waals surface area contributed by atoms with Crippen molar-refractivity contribution in [1.82, 2.24) is 0 Å². The van der Waals surface area contributed by atoms with Crippen LogP contribution < -0.4 is 0 Å². The number of hydrogen-bond donors (Lipinski definition) is 1. The molecule has 0 unspecified atom stereocenters. The quantitative estimate of drug-likeness (QED) is 0.702. The largest absolute Gasteiger partial charge is 0.392 e. The molecule has 3 fully saturated rings. The van der Waals surface area contributed by atoms with Crippen molar-refractivity contribution in [3.05, 3.63) is 0 Å². The van der Waals surface area contributed by atoms with Crippen LogP contribution in [0.5, 0.6) is 0 Å². The topological polar surface area (TPSA) is 37.3 Å². The molecule has 0 heterocycles. The number of carbonyl (C=O) groups excluding carboxylic acids is 1. The second-order valence-electron chi connectivity index (χ2n) is 7.61. The number of aliphatic hydroxyl groups excluding tert-OH is 1. The van der Waals surface area contributed by atoms with Crippen LogP contribution >= 0.6 is 0 Å². The lowest BCUT2D eigenvalue weighted by atomic mass is 9.66. The zero-order valence-corrected chi connectivity index (χ0v) is 11.4. The first-order valence-electron chi connectivity index (χ1n) is 6.99. The van der Waals surface area contributed by atoms with Crippen LogP contribution in [0.15, 0.2) is 0 Å². The molecule has 96 valence electrons. The predicted octanol–water partition coefficient (Wildman–Crippen LogP) is 2.64. The average Bonchev–Trinajstić information content (AvgIpc) is 2.68. The summed E-state index contributed by atoms with van der Waals surface area (Å²) in [5.74, 6) is 2.10. The molecule has 6 atom stereocenters. The fourth-order valence-electron chi connectivity index (χ4n) is 5.35. The van der Waals surface area contributed by atoms with Gasteiger partial charge in [-0.1, -0.05) is 27.7 Å². The van der Waals surface area contributed by atoms with Crippen LogP contribution in [0, 0.1) is 34.5 Å². The zero-order valence-electron chi connectivity index (χ0n) is 11.4. The Hall–Kier alpha value is -0.370. The Morgan fingerprint density at radius 2 is 1.94 bits per heavy atom. The van der Waals surface area contributed by atoms with Crippen LogP contribution in [0.25, 0.3) is 0 Å². The van der Waals surface area contributed by atoms with Crippen LogP contribution in [0.4, 0.5) is 0 Å². The Morgan fingerprint density at radius 3 is 2.59 bits per heavy atom. The predicted molar refractivity (Wildman–Crippen MR) is 66.4 cm³/mol. The monoisotopic (exact) mass is 236 g/mol. The highest BCUT2D eigenvalue weighted by atomic mass is 16.3. The third-order valence-corrected chi connectivity index (χ3v) is 6.49. The van der Waals surface area contributed by atoms with Gasteiger partial charge in [-0.15, -0.1) is 0 Å². The van der Waals surface area contributed by atoms with E-state index in [9.17, 15) is 9.90 Å². The van der Waals surface area contributed by atoms with E-state index in [0.717, 1.165) is 19.3 Å². The summed E-state index contributed by atoms with van der Waals surface area (Å²) in [6.07, 6.45) is 2.83. The van der Waals surface area contributed by atoms with E-state index in [-0.39, 0.29) is 22.9 Å². The number of aliphatic hydroxyl groups is 1. The molecule has 2 nitrogen and oxygen atoms in total. The zero-order chi connectivity index (χ0) is 12.6. The Bertz CT molecular complexity index is 373. The van der Waals surface area contributed by atoms with E-state index in [0.29, 0.717) is 23.5 Å². The van der Waals surface area contributed by atoms with Gasteiger partial charge >= 0.3 is 0 Å². The SMILES string of the molecule is C[C@H]1C(=O)C[C@@H]2C[C@H]3CC(C)(C)[C@H](O)[C@H]3[C@@]21C. The van der Waals surface area contributed by atoms with Gasteiger partial charge in [0.15, 0.2) is 0 Å². The van der Waals surface area contributed by atoms with Gasteiger partial charge in [0.2, 0.25) is 0 Å².